The van der Waals surface area contributed by atoms with Crippen LogP contribution in [0.15, 0.2) is 24.3 Å². The van der Waals surface area contributed by atoms with Gasteiger partial charge >= 0.3 is 0 Å². The third kappa shape index (κ3) is 2.40. The van der Waals surface area contributed by atoms with Gasteiger partial charge in [-0.2, -0.15) is 5.26 Å². The van der Waals surface area contributed by atoms with Gasteiger partial charge in [-0.1, -0.05) is 12.1 Å². The first kappa shape index (κ1) is 10.4. The molecular weight excluding hydrogens is 174 g/mol. The molecule has 1 aromatic rings. The maximum Gasteiger partial charge on any atom is 0.111 e. The van der Waals surface area contributed by atoms with Crippen molar-refractivity contribution in [1.29, 1.82) is 5.26 Å². The van der Waals surface area contributed by atoms with Crippen LogP contribution in [0.5, 0.6) is 0 Å². The lowest BCUT2D eigenvalue weighted by molar-refractivity contribution is 1.00. The summed E-state index contributed by atoms with van der Waals surface area (Å²) >= 11 is 0. The molecule has 1 unspecified atom stereocenters. The molecule has 0 aliphatic rings. The zero-order valence-electron chi connectivity index (χ0n) is 8.78. The Kier molecular flexibility index (Phi) is 3.35. The first-order valence-electron chi connectivity index (χ1n) is 4.57. The SMILES string of the molecule is CC(C#N)Nc1ccccc1N(C)C. The van der Waals surface area contributed by atoms with E-state index >= 15 is 0 Å². The van der Waals surface area contributed by atoms with E-state index in [1.54, 1.807) is 0 Å². The normalized spacial score (nSPS) is 11.6. The second-order valence-corrected chi connectivity index (χ2v) is 3.41. The standard InChI is InChI=1S/C11H15N3/c1-9(8-12)13-10-6-4-5-7-11(10)14(2)3/h4-7,9,13H,1-3H3. The quantitative estimate of drug-likeness (QED) is 0.791. The van der Waals surface area contributed by atoms with Crippen molar-refractivity contribution in [2.45, 2.75) is 13.0 Å². The average Bonchev–Trinajstić information content (AvgIpc) is 2.18. The van der Waals surface area contributed by atoms with Crippen LogP contribution in [-0.4, -0.2) is 20.1 Å². The van der Waals surface area contributed by atoms with E-state index in [1.807, 2.05) is 50.2 Å². The zero-order chi connectivity index (χ0) is 10.6. The molecule has 14 heavy (non-hydrogen) atoms. The maximum atomic E-state index is 8.70. The Morgan fingerprint density at radius 2 is 2.00 bits per heavy atom. The highest BCUT2D eigenvalue weighted by Crippen LogP contribution is 2.23. The minimum Gasteiger partial charge on any atom is -0.376 e. The van der Waals surface area contributed by atoms with Gasteiger partial charge in [0.2, 0.25) is 0 Å². The fraction of sp³-hybridized carbons (Fsp3) is 0.364. The van der Waals surface area contributed by atoms with E-state index in [1.165, 1.54) is 0 Å². The minimum atomic E-state index is -0.170. The molecule has 0 heterocycles. The predicted octanol–water partition coefficient (Wildman–Crippen LogP) is 2.08. The number of benzene rings is 1. The third-order valence-electron chi connectivity index (χ3n) is 1.95. The Morgan fingerprint density at radius 3 is 2.57 bits per heavy atom. The molecule has 74 valence electrons. The van der Waals surface area contributed by atoms with E-state index in [2.05, 4.69) is 11.4 Å². The van der Waals surface area contributed by atoms with Crippen LogP contribution in [0.25, 0.3) is 0 Å². The molecule has 0 fully saturated rings. The number of rotatable bonds is 3. The van der Waals surface area contributed by atoms with Gasteiger partial charge in [0.05, 0.1) is 17.4 Å². The minimum absolute atomic E-state index is 0.170. The maximum absolute atomic E-state index is 8.70. The van der Waals surface area contributed by atoms with Crippen molar-refractivity contribution in [3.63, 3.8) is 0 Å². The Balaban J connectivity index is 2.91. The van der Waals surface area contributed by atoms with Crippen LogP contribution >= 0.6 is 0 Å². The van der Waals surface area contributed by atoms with Crippen molar-refractivity contribution in [2.24, 2.45) is 0 Å². The molecule has 0 spiro atoms. The summed E-state index contributed by atoms with van der Waals surface area (Å²) in [6.45, 7) is 1.84. The van der Waals surface area contributed by atoms with Crippen molar-refractivity contribution in [2.75, 3.05) is 24.3 Å². The van der Waals surface area contributed by atoms with Crippen molar-refractivity contribution in [1.82, 2.24) is 0 Å². The van der Waals surface area contributed by atoms with E-state index in [-0.39, 0.29) is 6.04 Å². The smallest absolute Gasteiger partial charge is 0.111 e. The zero-order valence-corrected chi connectivity index (χ0v) is 8.78. The Bertz CT molecular complexity index is 339. The molecule has 0 saturated carbocycles. The van der Waals surface area contributed by atoms with Crippen LogP contribution in [0.3, 0.4) is 0 Å². The summed E-state index contributed by atoms with van der Waals surface area (Å²) in [5.74, 6) is 0. The molecule has 0 aromatic heterocycles. The lowest BCUT2D eigenvalue weighted by atomic mass is 10.2. The van der Waals surface area contributed by atoms with E-state index in [0.29, 0.717) is 0 Å². The largest absolute Gasteiger partial charge is 0.376 e. The summed E-state index contributed by atoms with van der Waals surface area (Å²) in [7, 11) is 3.97. The van der Waals surface area contributed by atoms with Crippen LogP contribution in [0.2, 0.25) is 0 Å². The molecule has 0 bridgehead atoms. The Morgan fingerprint density at radius 1 is 1.36 bits per heavy atom. The fourth-order valence-corrected chi connectivity index (χ4v) is 1.25. The first-order valence-corrected chi connectivity index (χ1v) is 4.57. The highest BCUT2D eigenvalue weighted by Gasteiger charge is 2.05. The van der Waals surface area contributed by atoms with Crippen LogP contribution in [0, 0.1) is 11.3 Å². The summed E-state index contributed by atoms with van der Waals surface area (Å²) in [5, 5.41) is 11.8. The number of nitrogens with zero attached hydrogens (tertiary/aromatic N) is 2. The molecule has 1 aromatic carbocycles. The van der Waals surface area contributed by atoms with Gasteiger partial charge in [0, 0.05) is 14.1 Å². The van der Waals surface area contributed by atoms with Gasteiger partial charge in [-0.25, -0.2) is 0 Å². The molecule has 0 aliphatic heterocycles. The Labute approximate surface area is 85.0 Å². The second-order valence-electron chi connectivity index (χ2n) is 3.41. The number of hydrogen-bond acceptors (Lipinski definition) is 3. The van der Waals surface area contributed by atoms with Gasteiger partial charge in [-0.05, 0) is 19.1 Å². The van der Waals surface area contributed by atoms with Crippen LogP contribution in [0.4, 0.5) is 11.4 Å². The second kappa shape index (κ2) is 4.52. The molecule has 0 amide bonds. The van der Waals surface area contributed by atoms with Gasteiger partial charge in [0.25, 0.3) is 0 Å². The first-order chi connectivity index (χ1) is 6.65. The molecule has 1 atom stereocenters. The lowest BCUT2D eigenvalue weighted by Gasteiger charge is -2.19. The van der Waals surface area contributed by atoms with Gasteiger partial charge in [0.15, 0.2) is 0 Å². The number of hydrogen-bond donors (Lipinski definition) is 1. The summed E-state index contributed by atoms with van der Waals surface area (Å²) in [6, 6.07) is 9.92. The highest BCUT2D eigenvalue weighted by molar-refractivity contribution is 5.69. The van der Waals surface area contributed by atoms with Crippen LogP contribution in [-0.2, 0) is 0 Å². The van der Waals surface area contributed by atoms with E-state index in [9.17, 15) is 0 Å². The molecular formula is C11H15N3. The summed E-state index contributed by atoms with van der Waals surface area (Å²) in [6.07, 6.45) is 0. The molecule has 0 aliphatic carbocycles. The Hall–Kier alpha value is -1.69. The summed E-state index contributed by atoms with van der Waals surface area (Å²) in [4.78, 5) is 2.02. The molecule has 1 N–H and O–H groups in total. The average molecular weight is 189 g/mol. The summed E-state index contributed by atoms with van der Waals surface area (Å²) in [5.41, 5.74) is 2.08. The third-order valence-corrected chi connectivity index (χ3v) is 1.95. The van der Waals surface area contributed by atoms with Crippen molar-refractivity contribution in [3.05, 3.63) is 24.3 Å². The number of anilines is 2. The number of nitriles is 1. The van der Waals surface area contributed by atoms with Crippen molar-refractivity contribution >= 4 is 11.4 Å². The molecule has 1 rings (SSSR count). The number of nitrogens with one attached hydrogen (secondary N) is 1. The van der Waals surface area contributed by atoms with E-state index in [4.69, 9.17) is 5.26 Å². The van der Waals surface area contributed by atoms with Gasteiger partial charge in [-0.3, -0.25) is 0 Å². The van der Waals surface area contributed by atoms with Crippen molar-refractivity contribution < 1.29 is 0 Å². The molecule has 3 nitrogen and oxygen atoms in total. The van der Waals surface area contributed by atoms with E-state index < -0.39 is 0 Å². The monoisotopic (exact) mass is 189 g/mol. The van der Waals surface area contributed by atoms with Gasteiger partial charge < -0.3 is 10.2 Å². The van der Waals surface area contributed by atoms with Gasteiger partial charge in [-0.15, -0.1) is 0 Å². The topological polar surface area (TPSA) is 39.1 Å². The predicted molar refractivity (Wildman–Crippen MR) is 59.5 cm³/mol. The molecule has 0 saturated heterocycles. The number of para-hydroxylation sites is 2. The van der Waals surface area contributed by atoms with Gasteiger partial charge in [0.1, 0.15) is 6.04 Å². The van der Waals surface area contributed by atoms with Crippen LogP contribution < -0.4 is 10.2 Å². The highest BCUT2D eigenvalue weighted by atomic mass is 15.1. The van der Waals surface area contributed by atoms with E-state index in [0.717, 1.165) is 11.4 Å². The lowest BCUT2D eigenvalue weighted by Crippen LogP contribution is -2.16. The molecule has 3 heteroatoms. The van der Waals surface area contributed by atoms with Crippen molar-refractivity contribution in [3.8, 4) is 6.07 Å². The van der Waals surface area contributed by atoms with Crippen LogP contribution in [0.1, 0.15) is 6.92 Å². The fourth-order valence-electron chi connectivity index (χ4n) is 1.25. The molecule has 0 radical (unpaired) electrons. The summed E-state index contributed by atoms with van der Waals surface area (Å²) < 4.78 is 0.